The first kappa shape index (κ1) is 19.6. The van der Waals surface area contributed by atoms with Gasteiger partial charge in [0.15, 0.2) is 5.76 Å². The van der Waals surface area contributed by atoms with Gasteiger partial charge in [-0.1, -0.05) is 12.1 Å². The molecule has 0 aliphatic heterocycles. The predicted octanol–water partition coefficient (Wildman–Crippen LogP) is 3.82. The van der Waals surface area contributed by atoms with Crippen molar-refractivity contribution in [3.05, 3.63) is 42.2 Å². The number of carbonyl (C=O) groups excluding carboxylic acids is 1. The van der Waals surface area contributed by atoms with E-state index in [2.05, 4.69) is 15.4 Å². The molecule has 1 heterocycles. The van der Waals surface area contributed by atoms with E-state index in [4.69, 9.17) is 4.42 Å². The molecule has 160 valence electrons. The van der Waals surface area contributed by atoms with E-state index in [9.17, 15) is 13.2 Å². The van der Waals surface area contributed by atoms with E-state index in [-0.39, 0.29) is 16.4 Å². The normalized spacial score (nSPS) is 29.7. The Morgan fingerprint density at radius 1 is 0.967 bits per heavy atom. The molecule has 4 aliphatic carbocycles. The van der Waals surface area contributed by atoms with Crippen LogP contribution in [-0.4, -0.2) is 26.9 Å². The van der Waals surface area contributed by atoms with Gasteiger partial charge in [-0.2, -0.15) is 0 Å². The molecule has 0 unspecified atom stereocenters. The Kier molecular flexibility index (Phi) is 4.67. The van der Waals surface area contributed by atoms with Crippen LogP contribution in [-0.2, 0) is 10.0 Å². The molecule has 4 saturated carbocycles. The average Bonchev–Trinajstić information content (AvgIpc) is 3.19. The maximum atomic E-state index is 12.7. The largest absolute Gasteiger partial charge is 0.438 e. The van der Waals surface area contributed by atoms with E-state index < -0.39 is 15.9 Å². The summed E-state index contributed by atoms with van der Waals surface area (Å²) < 4.78 is 31.2. The highest BCUT2D eigenvalue weighted by Gasteiger charge is 2.51. The molecular formula is C22H27N3O4S. The van der Waals surface area contributed by atoms with E-state index in [0.717, 1.165) is 23.4 Å². The predicted molar refractivity (Wildman–Crippen MR) is 114 cm³/mol. The summed E-state index contributed by atoms with van der Waals surface area (Å²) >= 11 is 0. The van der Waals surface area contributed by atoms with Crippen molar-refractivity contribution in [2.45, 2.75) is 49.2 Å². The molecule has 0 atom stereocenters. The number of anilines is 2. The molecule has 3 N–H and O–H groups in total. The van der Waals surface area contributed by atoms with Gasteiger partial charge in [-0.3, -0.25) is 4.79 Å². The summed E-state index contributed by atoms with van der Waals surface area (Å²) in [5, 5.41) is 6.40. The molecule has 2 aromatic rings. The van der Waals surface area contributed by atoms with Crippen molar-refractivity contribution in [1.82, 2.24) is 4.72 Å². The lowest BCUT2D eigenvalue weighted by molar-refractivity contribution is 0.0107. The zero-order chi connectivity index (χ0) is 20.9. The number of furan rings is 1. The summed E-state index contributed by atoms with van der Waals surface area (Å²) in [6.07, 6.45) is 7.71. The van der Waals surface area contributed by atoms with Gasteiger partial charge in [-0.15, -0.1) is 0 Å². The molecular weight excluding hydrogens is 402 g/mol. The van der Waals surface area contributed by atoms with Gasteiger partial charge in [0.05, 0.1) is 11.4 Å². The Morgan fingerprint density at radius 2 is 1.57 bits per heavy atom. The molecule has 6 rings (SSSR count). The SMILES string of the molecule is CNS(=O)(=O)c1ccc(C(=O)Nc2ccccc2NC23CC4CC(CC(C4)C2)C3)o1. The van der Waals surface area contributed by atoms with Crippen molar-refractivity contribution in [3.8, 4) is 0 Å². The molecule has 1 aromatic heterocycles. The van der Waals surface area contributed by atoms with Crippen LogP contribution < -0.4 is 15.4 Å². The van der Waals surface area contributed by atoms with Crippen molar-refractivity contribution < 1.29 is 17.6 Å². The fourth-order valence-corrected chi connectivity index (χ4v) is 6.77. The van der Waals surface area contributed by atoms with E-state index in [0.29, 0.717) is 5.69 Å². The van der Waals surface area contributed by atoms with E-state index in [1.54, 1.807) is 0 Å². The minimum absolute atomic E-state index is 0.0477. The number of benzene rings is 1. The van der Waals surface area contributed by atoms with Crippen LogP contribution in [0.2, 0.25) is 0 Å². The third-order valence-electron chi connectivity index (χ3n) is 6.95. The van der Waals surface area contributed by atoms with Crippen molar-refractivity contribution in [2.24, 2.45) is 17.8 Å². The first-order chi connectivity index (χ1) is 14.4. The summed E-state index contributed by atoms with van der Waals surface area (Å²) in [7, 11) is -2.44. The number of para-hydroxylation sites is 2. The highest BCUT2D eigenvalue weighted by atomic mass is 32.2. The van der Waals surface area contributed by atoms with Crippen LogP contribution in [0.4, 0.5) is 11.4 Å². The van der Waals surface area contributed by atoms with Crippen LogP contribution in [0.15, 0.2) is 45.9 Å². The molecule has 4 fully saturated rings. The second kappa shape index (κ2) is 7.13. The van der Waals surface area contributed by atoms with Gasteiger partial charge in [0.25, 0.3) is 15.9 Å². The van der Waals surface area contributed by atoms with Crippen LogP contribution in [0, 0.1) is 17.8 Å². The first-order valence-electron chi connectivity index (χ1n) is 10.6. The molecule has 1 aromatic carbocycles. The molecule has 7 nitrogen and oxygen atoms in total. The molecule has 8 heteroatoms. The van der Waals surface area contributed by atoms with Gasteiger partial charge in [0.1, 0.15) is 0 Å². The minimum atomic E-state index is -3.73. The highest BCUT2D eigenvalue weighted by molar-refractivity contribution is 7.89. The number of hydrogen-bond donors (Lipinski definition) is 3. The monoisotopic (exact) mass is 429 g/mol. The first-order valence-corrected chi connectivity index (χ1v) is 12.1. The van der Waals surface area contributed by atoms with Gasteiger partial charge < -0.3 is 15.1 Å². The molecule has 0 radical (unpaired) electrons. The van der Waals surface area contributed by atoms with E-state index >= 15 is 0 Å². The quantitative estimate of drug-likeness (QED) is 0.648. The Morgan fingerprint density at radius 3 is 2.17 bits per heavy atom. The number of amides is 1. The number of nitrogens with one attached hydrogen (secondary N) is 3. The smallest absolute Gasteiger partial charge is 0.291 e. The van der Waals surface area contributed by atoms with Crippen molar-refractivity contribution in [3.63, 3.8) is 0 Å². The standard InChI is InChI=1S/C22H27N3O4S/c1-23-30(27,28)20-7-6-19(29-20)21(26)24-17-4-2-3-5-18(17)25-22-11-14-8-15(12-22)10-16(9-14)13-22/h2-7,14-16,23,25H,8-13H2,1H3,(H,24,26). The number of carbonyl (C=O) groups is 1. The molecule has 4 aliphatic rings. The van der Waals surface area contributed by atoms with Gasteiger partial charge in [0.2, 0.25) is 5.09 Å². The second-order valence-corrected chi connectivity index (χ2v) is 11.0. The number of hydrogen-bond acceptors (Lipinski definition) is 5. The molecule has 4 bridgehead atoms. The lowest BCUT2D eigenvalue weighted by Gasteiger charge is -2.57. The van der Waals surface area contributed by atoms with Crippen LogP contribution >= 0.6 is 0 Å². The third-order valence-corrected chi connectivity index (χ3v) is 8.24. The number of rotatable bonds is 6. The number of sulfonamides is 1. The van der Waals surface area contributed by atoms with Gasteiger partial charge in [-0.25, -0.2) is 13.1 Å². The Labute approximate surface area is 176 Å². The maximum Gasteiger partial charge on any atom is 0.291 e. The maximum absolute atomic E-state index is 12.7. The zero-order valence-electron chi connectivity index (χ0n) is 17.0. The lowest BCUT2D eigenvalue weighted by atomic mass is 9.53. The Hall–Kier alpha value is -2.32. The van der Waals surface area contributed by atoms with Gasteiger partial charge in [0, 0.05) is 5.54 Å². The third kappa shape index (κ3) is 3.52. The van der Waals surface area contributed by atoms with E-state index in [1.165, 1.54) is 57.7 Å². The summed E-state index contributed by atoms with van der Waals surface area (Å²) in [5.74, 6) is 1.93. The minimum Gasteiger partial charge on any atom is -0.438 e. The molecule has 0 saturated heterocycles. The fraction of sp³-hybridized carbons (Fsp3) is 0.500. The van der Waals surface area contributed by atoms with Crippen LogP contribution in [0.1, 0.15) is 49.1 Å². The van der Waals surface area contributed by atoms with Crippen molar-refractivity contribution in [1.29, 1.82) is 0 Å². The molecule has 0 spiro atoms. The summed E-state index contributed by atoms with van der Waals surface area (Å²) in [5.41, 5.74) is 1.70. The summed E-state index contributed by atoms with van der Waals surface area (Å²) in [6, 6.07) is 10.3. The fourth-order valence-electron chi connectivity index (χ4n) is 6.12. The molecule has 30 heavy (non-hydrogen) atoms. The lowest BCUT2D eigenvalue weighted by Crippen LogP contribution is -2.54. The highest BCUT2D eigenvalue weighted by Crippen LogP contribution is 2.56. The van der Waals surface area contributed by atoms with Crippen molar-refractivity contribution >= 4 is 27.3 Å². The van der Waals surface area contributed by atoms with E-state index in [1.807, 2.05) is 24.3 Å². The topological polar surface area (TPSA) is 100 Å². The Bertz CT molecular complexity index is 1040. The average molecular weight is 430 g/mol. The van der Waals surface area contributed by atoms with Crippen LogP contribution in [0.3, 0.4) is 0 Å². The Balaban J connectivity index is 1.35. The van der Waals surface area contributed by atoms with Crippen molar-refractivity contribution in [2.75, 3.05) is 17.7 Å². The van der Waals surface area contributed by atoms with Crippen LogP contribution in [0.25, 0.3) is 0 Å². The molecule has 1 amide bonds. The van der Waals surface area contributed by atoms with Gasteiger partial charge >= 0.3 is 0 Å². The van der Waals surface area contributed by atoms with Gasteiger partial charge in [-0.05, 0) is 87.6 Å². The second-order valence-electron chi connectivity index (χ2n) is 9.15. The summed E-state index contributed by atoms with van der Waals surface area (Å²) in [6.45, 7) is 0. The zero-order valence-corrected chi connectivity index (χ0v) is 17.8. The van der Waals surface area contributed by atoms with Crippen LogP contribution in [0.5, 0.6) is 0 Å². The summed E-state index contributed by atoms with van der Waals surface area (Å²) in [4.78, 5) is 12.7.